The number of aliphatic hydroxyl groups excluding tert-OH is 1. The van der Waals surface area contributed by atoms with Crippen molar-refractivity contribution in [2.45, 2.75) is 66.0 Å². The first-order valence-corrected chi connectivity index (χ1v) is 7.88. The van der Waals surface area contributed by atoms with Crippen LogP contribution < -0.4 is 5.32 Å². The molecule has 1 aliphatic heterocycles. The number of piperidine rings is 1. The van der Waals surface area contributed by atoms with Crippen LogP contribution in [0, 0.1) is 11.3 Å². The van der Waals surface area contributed by atoms with E-state index in [1.165, 1.54) is 0 Å². The summed E-state index contributed by atoms with van der Waals surface area (Å²) in [6.07, 6.45) is 2.40. The number of carbonyl (C=O) groups excluding carboxylic acids is 1. The third-order valence-electron chi connectivity index (χ3n) is 3.98. The summed E-state index contributed by atoms with van der Waals surface area (Å²) in [4.78, 5) is 13.6. The van der Waals surface area contributed by atoms with Gasteiger partial charge in [-0.15, -0.1) is 0 Å². The Labute approximate surface area is 123 Å². The minimum Gasteiger partial charge on any atom is -0.393 e. The van der Waals surface area contributed by atoms with E-state index in [9.17, 15) is 9.90 Å². The largest absolute Gasteiger partial charge is 0.393 e. The van der Waals surface area contributed by atoms with Crippen molar-refractivity contribution in [3.63, 3.8) is 0 Å². The van der Waals surface area contributed by atoms with Crippen LogP contribution in [0.2, 0.25) is 0 Å². The Morgan fingerprint density at radius 2 is 2.05 bits per heavy atom. The lowest BCUT2D eigenvalue weighted by Crippen LogP contribution is -2.52. The highest BCUT2D eigenvalue weighted by atomic mass is 16.3. The van der Waals surface area contributed by atoms with Gasteiger partial charge in [0.15, 0.2) is 0 Å². The Morgan fingerprint density at radius 3 is 2.55 bits per heavy atom. The highest BCUT2D eigenvalue weighted by molar-refractivity contribution is 5.73. The van der Waals surface area contributed by atoms with Crippen LogP contribution in [-0.2, 0) is 4.79 Å². The molecule has 4 nitrogen and oxygen atoms in total. The maximum Gasteiger partial charge on any atom is 0.219 e. The number of aliphatic hydroxyl groups is 1. The van der Waals surface area contributed by atoms with Crippen LogP contribution in [0.5, 0.6) is 0 Å². The van der Waals surface area contributed by atoms with Gasteiger partial charge in [-0.25, -0.2) is 0 Å². The third-order valence-corrected chi connectivity index (χ3v) is 3.98. The summed E-state index contributed by atoms with van der Waals surface area (Å²) >= 11 is 0. The first-order chi connectivity index (χ1) is 9.21. The molecule has 1 rings (SSSR count). The van der Waals surface area contributed by atoms with E-state index in [1.54, 1.807) is 6.92 Å². The lowest BCUT2D eigenvalue weighted by atomic mass is 9.88. The van der Waals surface area contributed by atoms with E-state index in [0.29, 0.717) is 12.0 Å². The molecule has 3 unspecified atom stereocenters. The normalized spacial score (nSPS) is 25.6. The standard InChI is InChI=1S/C16H32N2O2/c1-6-15(20)8-13-7-14(17-11-16(3,4)5)10-18(9-13)12(2)19/h13-15,17,20H,6-11H2,1-5H3. The zero-order valence-electron chi connectivity index (χ0n) is 13.8. The molecule has 2 N–H and O–H groups in total. The van der Waals surface area contributed by atoms with Gasteiger partial charge in [0, 0.05) is 32.6 Å². The van der Waals surface area contributed by atoms with Crippen molar-refractivity contribution < 1.29 is 9.90 Å². The van der Waals surface area contributed by atoms with Gasteiger partial charge in [0.1, 0.15) is 0 Å². The molecule has 1 heterocycles. The SMILES string of the molecule is CCC(O)CC1CC(NCC(C)(C)C)CN(C(C)=O)C1. The molecule has 118 valence electrons. The molecule has 0 aromatic heterocycles. The van der Waals surface area contributed by atoms with E-state index < -0.39 is 0 Å². The van der Waals surface area contributed by atoms with Gasteiger partial charge < -0.3 is 15.3 Å². The fraction of sp³-hybridized carbons (Fsp3) is 0.938. The van der Waals surface area contributed by atoms with Crippen LogP contribution in [0.25, 0.3) is 0 Å². The topological polar surface area (TPSA) is 52.6 Å². The van der Waals surface area contributed by atoms with Crippen molar-refractivity contribution in [1.29, 1.82) is 0 Å². The van der Waals surface area contributed by atoms with E-state index in [4.69, 9.17) is 0 Å². The number of amides is 1. The molecule has 0 bridgehead atoms. The van der Waals surface area contributed by atoms with Gasteiger partial charge in [-0.1, -0.05) is 27.7 Å². The molecular formula is C16H32N2O2. The van der Waals surface area contributed by atoms with Crippen LogP contribution in [0.1, 0.15) is 53.9 Å². The third kappa shape index (κ3) is 6.23. The number of carbonyl (C=O) groups is 1. The predicted molar refractivity (Wildman–Crippen MR) is 82.5 cm³/mol. The zero-order valence-corrected chi connectivity index (χ0v) is 13.8. The Kier molecular flexibility index (Phi) is 6.46. The molecule has 20 heavy (non-hydrogen) atoms. The fourth-order valence-electron chi connectivity index (χ4n) is 2.78. The van der Waals surface area contributed by atoms with Crippen LogP contribution in [-0.4, -0.2) is 47.7 Å². The number of rotatable bonds is 5. The quantitative estimate of drug-likeness (QED) is 0.812. The summed E-state index contributed by atoms with van der Waals surface area (Å²) in [5, 5.41) is 13.4. The lowest BCUT2D eigenvalue weighted by molar-refractivity contribution is -0.131. The van der Waals surface area contributed by atoms with Gasteiger partial charge in [0.05, 0.1) is 6.10 Å². The van der Waals surface area contributed by atoms with Crippen molar-refractivity contribution in [1.82, 2.24) is 10.2 Å². The summed E-state index contributed by atoms with van der Waals surface area (Å²) in [6.45, 7) is 12.8. The summed E-state index contributed by atoms with van der Waals surface area (Å²) in [5.41, 5.74) is 0.247. The average Bonchev–Trinajstić information content (AvgIpc) is 2.35. The van der Waals surface area contributed by atoms with Gasteiger partial charge in [-0.3, -0.25) is 4.79 Å². The van der Waals surface area contributed by atoms with Crippen LogP contribution >= 0.6 is 0 Å². The van der Waals surface area contributed by atoms with Crippen LogP contribution in [0.3, 0.4) is 0 Å². The summed E-state index contributed by atoms with van der Waals surface area (Å²) in [6, 6.07) is 0.348. The molecule has 0 saturated carbocycles. The molecule has 0 aromatic carbocycles. The van der Waals surface area contributed by atoms with Crippen LogP contribution in [0.4, 0.5) is 0 Å². The van der Waals surface area contributed by atoms with Gasteiger partial charge in [-0.05, 0) is 30.6 Å². The van der Waals surface area contributed by atoms with Crippen LogP contribution in [0.15, 0.2) is 0 Å². The lowest BCUT2D eigenvalue weighted by Gasteiger charge is -2.39. The number of likely N-dealkylation sites (tertiary alicyclic amines) is 1. The first-order valence-electron chi connectivity index (χ1n) is 7.88. The molecule has 1 fully saturated rings. The van der Waals surface area contributed by atoms with E-state index in [-0.39, 0.29) is 17.4 Å². The summed E-state index contributed by atoms with van der Waals surface area (Å²) < 4.78 is 0. The highest BCUT2D eigenvalue weighted by Gasteiger charge is 2.30. The fourth-order valence-corrected chi connectivity index (χ4v) is 2.78. The smallest absolute Gasteiger partial charge is 0.219 e. The molecule has 1 amide bonds. The highest BCUT2D eigenvalue weighted by Crippen LogP contribution is 2.23. The van der Waals surface area contributed by atoms with Crippen molar-refractivity contribution in [3.8, 4) is 0 Å². The number of hydrogen-bond donors (Lipinski definition) is 2. The van der Waals surface area contributed by atoms with Crippen molar-refractivity contribution >= 4 is 5.91 Å². The summed E-state index contributed by atoms with van der Waals surface area (Å²) in [5.74, 6) is 0.545. The van der Waals surface area contributed by atoms with E-state index in [1.807, 2.05) is 11.8 Å². The molecule has 0 spiro atoms. The molecule has 1 saturated heterocycles. The van der Waals surface area contributed by atoms with E-state index >= 15 is 0 Å². The average molecular weight is 284 g/mol. The Balaban J connectivity index is 2.58. The molecule has 0 radical (unpaired) electrons. The minimum atomic E-state index is -0.241. The maximum absolute atomic E-state index is 11.7. The molecule has 3 atom stereocenters. The van der Waals surface area contributed by atoms with Crippen molar-refractivity contribution in [3.05, 3.63) is 0 Å². The maximum atomic E-state index is 11.7. The predicted octanol–water partition coefficient (Wildman–Crippen LogP) is 2.02. The number of nitrogens with one attached hydrogen (secondary N) is 1. The Morgan fingerprint density at radius 1 is 1.40 bits per heavy atom. The Bertz CT molecular complexity index is 312. The molecule has 0 aromatic rings. The van der Waals surface area contributed by atoms with E-state index in [0.717, 1.165) is 38.9 Å². The van der Waals surface area contributed by atoms with Crippen molar-refractivity contribution in [2.24, 2.45) is 11.3 Å². The second-order valence-corrected chi connectivity index (χ2v) is 7.46. The summed E-state index contributed by atoms with van der Waals surface area (Å²) in [7, 11) is 0. The van der Waals surface area contributed by atoms with Gasteiger partial charge in [0.25, 0.3) is 0 Å². The second kappa shape index (κ2) is 7.41. The van der Waals surface area contributed by atoms with E-state index in [2.05, 4.69) is 26.1 Å². The molecular weight excluding hydrogens is 252 g/mol. The van der Waals surface area contributed by atoms with Gasteiger partial charge in [-0.2, -0.15) is 0 Å². The van der Waals surface area contributed by atoms with Crippen molar-refractivity contribution in [2.75, 3.05) is 19.6 Å². The van der Waals surface area contributed by atoms with Gasteiger partial charge >= 0.3 is 0 Å². The molecule has 4 heteroatoms. The zero-order chi connectivity index (χ0) is 15.3. The number of nitrogens with zero attached hydrogens (tertiary/aromatic N) is 1. The minimum absolute atomic E-state index is 0.142. The monoisotopic (exact) mass is 284 g/mol. The van der Waals surface area contributed by atoms with Gasteiger partial charge in [0.2, 0.25) is 5.91 Å². The first kappa shape index (κ1) is 17.4. The Hall–Kier alpha value is -0.610. The number of hydrogen-bond acceptors (Lipinski definition) is 3. The molecule has 0 aliphatic carbocycles. The second-order valence-electron chi connectivity index (χ2n) is 7.46. The molecule has 1 aliphatic rings.